The van der Waals surface area contributed by atoms with Gasteiger partial charge in [0.2, 0.25) is 0 Å². The highest BCUT2D eigenvalue weighted by Crippen LogP contribution is 2.23. The van der Waals surface area contributed by atoms with Crippen LogP contribution in [0, 0.1) is 24.6 Å². The molecule has 2 rings (SSSR count). The molecule has 0 spiro atoms. The molecule has 0 amide bonds. The molecule has 0 aliphatic carbocycles. The molecule has 4 heteroatoms. The van der Waals surface area contributed by atoms with E-state index in [9.17, 15) is 4.39 Å². The number of aliphatic hydroxyl groups is 1. The van der Waals surface area contributed by atoms with Crippen molar-refractivity contribution in [1.29, 1.82) is 0 Å². The molecule has 2 aromatic rings. The third-order valence-electron chi connectivity index (χ3n) is 2.72. The average molecular weight is 290 g/mol. The zero-order valence-corrected chi connectivity index (χ0v) is 12.0. The van der Waals surface area contributed by atoms with Gasteiger partial charge in [-0.05, 0) is 30.0 Å². The van der Waals surface area contributed by atoms with Crippen molar-refractivity contribution in [2.75, 3.05) is 6.61 Å². The average Bonchev–Trinajstić information content (AvgIpc) is 2.88. The zero-order valence-electron chi connectivity index (χ0n) is 11.1. The lowest BCUT2D eigenvalue weighted by Crippen LogP contribution is -1.98. The number of hydrogen-bond acceptors (Lipinski definition) is 3. The summed E-state index contributed by atoms with van der Waals surface area (Å²) in [5.74, 6) is 5.79. The van der Waals surface area contributed by atoms with Crippen molar-refractivity contribution < 1.29 is 14.2 Å². The molecule has 20 heavy (non-hydrogen) atoms. The largest absolute Gasteiger partial charge is 0.485 e. The molecule has 104 valence electrons. The maximum Gasteiger partial charge on any atom is 0.167 e. The minimum absolute atomic E-state index is 0.0530. The molecule has 1 N–H and O–H groups in total. The molecule has 0 bridgehead atoms. The first-order chi connectivity index (χ1) is 9.72. The smallest absolute Gasteiger partial charge is 0.167 e. The fourth-order valence-electron chi connectivity index (χ4n) is 1.65. The highest BCUT2D eigenvalue weighted by atomic mass is 32.1. The van der Waals surface area contributed by atoms with E-state index in [0.29, 0.717) is 18.6 Å². The summed E-state index contributed by atoms with van der Waals surface area (Å²) in [6.07, 6.45) is 0.447. The van der Waals surface area contributed by atoms with Crippen LogP contribution in [0.5, 0.6) is 5.75 Å². The lowest BCUT2D eigenvalue weighted by molar-refractivity contribution is 0.292. The van der Waals surface area contributed by atoms with Crippen LogP contribution in [0.25, 0.3) is 0 Å². The minimum Gasteiger partial charge on any atom is -0.485 e. The van der Waals surface area contributed by atoms with Gasteiger partial charge in [0.1, 0.15) is 6.61 Å². The number of rotatable bonds is 4. The van der Waals surface area contributed by atoms with Crippen molar-refractivity contribution in [3.63, 3.8) is 0 Å². The number of thiophene rings is 1. The van der Waals surface area contributed by atoms with Crippen molar-refractivity contribution in [3.8, 4) is 17.6 Å². The zero-order chi connectivity index (χ0) is 14.4. The summed E-state index contributed by atoms with van der Waals surface area (Å²) in [6, 6.07) is 7.00. The Morgan fingerprint density at radius 3 is 3.00 bits per heavy atom. The Labute approximate surface area is 121 Å². The molecule has 1 heterocycles. The van der Waals surface area contributed by atoms with E-state index in [1.807, 2.05) is 11.4 Å². The van der Waals surface area contributed by atoms with Crippen molar-refractivity contribution in [2.45, 2.75) is 20.0 Å². The second kappa shape index (κ2) is 7.09. The predicted octanol–water partition coefficient (Wildman–Crippen LogP) is 3.51. The van der Waals surface area contributed by atoms with E-state index in [0.717, 1.165) is 10.4 Å². The first-order valence-corrected chi connectivity index (χ1v) is 7.14. The van der Waals surface area contributed by atoms with Gasteiger partial charge in [0, 0.05) is 12.0 Å². The molecule has 2 nitrogen and oxygen atoms in total. The predicted molar refractivity (Wildman–Crippen MR) is 78.4 cm³/mol. The summed E-state index contributed by atoms with van der Waals surface area (Å²) in [5, 5.41) is 10.6. The first kappa shape index (κ1) is 14.6. The summed E-state index contributed by atoms with van der Waals surface area (Å²) in [5.41, 5.74) is 1.44. The van der Waals surface area contributed by atoms with E-state index in [1.165, 1.54) is 11.3 Å². The van der Waals surface area contributed by atoms with Crippen molar-refractivity contribution >= 4 is 11.3 Å². The van der Waals surface area contributed by atoms with Gasteiger partial charge in [0.25, 0.3) is 0 Å². The topological polar surface area (TPSA) is 29.5 Å². The van der Waals surface area contributed by atoms with E-state index >= 15 is 0 Å². The van der Waals surface area contributed by atoms with Crippen LogP contribution >= 0.6 is 11.3 Å². The van der Waals surface area contributed by atoms with Crippen LogP contribution in [0.15, 0.2) is 29.6 Å². The minimum atomic E-state index is -0.322. The van der Waals surface area contributed by atoms with Crippen LogP contribution in [0.1, 0.15) is 22.4 Å². The van der Waals surface area contributed by atoms with Gasteiger partial charge in [-0.2, -0.15) is 0 Å². The second-order valence-electron chi connectivity index (χ2n) is 4.21. The van der Waals surface area contributed by atoms with Gasteiger partial charge >= 0.3 is 0 Å². The lowest BCUT2D eigenvalue weighted by Gasteiger charge is -2.07. The Morgan fingerprint density at radius 2 is 2.20 bits per heavy atom. The number of halogens is 1. The number of aryl methyl sites for hydroxylation is 1. The standard InChI is InChI=1S/C16H15FO2S/c1-12-5-4-7-14(16(12)17)19-11-15-13(8-10-20-15)6-2-3-9-18/h4-5,7-8,10,18H,3,9,11H2,1H3. The molecule has 0 aliphatic heterocycles. The number of aliphatic hydroxyl groups excluding tert-OH is 1. The summed E-state index contributed by atoms with van der Waals surface area (Å²) in [6.45, 7) is 2.05. The quantitative estimate of drug-likeness (QED) is 0.873. The summed E-state index contributed by atoms with van der Waals surface area (Å²) in [4.78, 5) is 0.955. The van der Waals surface area contributed by atoms with E-state index in [-0.39, 0.29) is 18.2 Å². The third kappa shape index (κ3) is 3.60. The molecule has 0 aliphatic rings. The van der Waals surface area contributed by atoms with Crippen molar-refractivity contribution in [2.24, 2.45) is 0 Å². The number of hydrogen-bond donors (Lipinski definition) is 1. The first-order valence-electron chi connectivity index (χ1n) is 6.26. The molecule has 0 saturated carbocycles. The van der Waals surface area contributed by atoms with Crippen molar-refractivity contribution in [1.82, 2.24) is 0 Å². The van der Waals surface area contributed by atoms with Crippen LogP contribution in [-0.4, -0.2) is 11.7 Å². The summed E-state index contributed by atoms with van der Waals surface area (Å²) < 4.78 is 19.3. The number of benzene rings is 1. The van der Waals surface area contributed by atoms with E-state index in [4.69, 9.17) is 9.84 Å². The molecule has 1 aromatic heterocycles. The SMILES string of the molecule is Cc1cccc(OCc2sccc2C#CCCO)c1F. The monoisotopic (exact) mass is 290 g/mol. The van der Waals surface area contributed by atoms with Crippen molar-refractivity contribution in [3.05, 3.63) is 51.5 Å². The molecular formula is C16H15FO2S. The summed E-state index contributed by atoms with van der Waals surface area (Å²) >= 11 is 1.52. The fourth-order valence-corrected chi connectivity index (χ4v) is 2.39. The molecule has 1 aromatic carbocycles. The van der Waals surface area contributed by atoms with Gasteiger partial charge in [0.05, 0.1) is 11.5 Å². The van der Waals surface area contributed by atoms with Crippen LogP contribution in [0.4, 0.5) is 4.39 Å². The van der Waals surface area contributed by atoms with Gasteiger partial charge < -0.3 is 9.84 Å². The summed E-state index contributed by atoms with van der Waals surface area (Å²) in [7, 11) is 0. The lowest BCUT2D eigenvalue weighted by atomic mass is 10.2. The Balaban J connectivity index is 2.07. The molecule has 0 atom stereocenters. The fraction of sp³-hybridized carbons (Fsp3) is 0.250. The molecular weight excluding hydrogens is 275 g/mol. The molecule has 0 fully saturated rings. The van der Waals surface area contributed by atoms with Crippen LogP contribution in [0.3, 0.4) is 0 Å². The van der Waals surface area contributed by atoms with Gasteiger partial charge in [-0.25, -0.2) is 4.39 Å². The van der Waals surface area contributed by atoms with Crippen LogP contribution < -0.4 is 4.74 Å². The van der Waals surface area contributed by atoms with E-state index in [2.05, 4.69) is 11.8 Å². The van der Waals surface area contributed by atoms with Gasteiger partial charge in [-0.1, -0.05) is 24.0 Å². The normalized spacial score (nSPS) is 9.95. The Hall–Kier alpha value is -1.83. The second-order valence-corrected chi connectivity index (χ2v) is 5.21. The molecule has 0 radical (unpaired) electrons. The maximum absolute atomic E-state index is 13.8. The Bertz CT molecular complexity index is 637. The van der Waals surface area contributed by atoms with Crippen LogP contribution in [-0.2, 0) is 6.61 Å². The van der Waals surface area contributed by atoms with E-state index < -0.39 is 0 Å². The van der Waals surface area contributed by atoms with E-state index in [1.54, 1.807) is 25.1 Å². The molecule has 0 saturated heterocycles. The van der Waals surface area contributed by atoms with Gasteiger partial charge in [0.15, 0.2) is 11.6 Å². The van der Waals surface area contributed by atoms with Crippen LogP contribution in [0.2, 0.25) is 0 Å². The molecule has 0 unspecified atom stereocenters. The third-order valence-corrected chi connectivity index (χ3v) is 3.61. The highest BCUT2D eigenvalue weighted by Gasteiger charge is 2.08. The number of ether oxygens (including phenoxy) is 1. The highest BCUT2D eigenvalue weighted by molar-refractivity contribution is 7.10. The Morgan fingerprint density at radius 1 is 1.35 bits per heavy atom. The van der Waals surface area contributed by atoms with Gasteiger partial charge in [-0.15, -0.1) is 11.3 Å². The van der Waals surface area contributed by atoms with Gasteiger partial charge in [-0.3, -0.25) is 0 Å². The Kier molecular flexibility index (Phi) is 5.16. The maximum atomic E-state index is 13.8.